The molecule has 4 rings (SSSR count). The second kappa shape index (κ2) is 17.3. The number of fused-ring (bicyclic) bond motifs is 1. The van der Waals surface area contributed by atoms with Gasteiger partial charge in [0.25, 0.3) is 0 Å². The summed E-state index contributed by atoms with van der Waals surface area (Å²) in [7, 11) is 1.59. The van der Waals surface area contributed by atoms with Gasteiger partial charge in [0.05, 0.1) is 20.2 Å². The molecule has 14 nitrogen and oxygen atoms in total. The number of likely N-dealkylation sites (tertiary alicyclic amines) is 1. The van der Waals surface area contributed by atoms with Crippen molar-refractivity contribution >= 4 is 23.6 Å². The van der Waals surface area contributed by atoms with E-state index in [4.69, 9.17) is 34.6 Å². The van der Waals surface area contributed by atoms with Crippen molar-refractivity contribution in [3.63, 3.8) is 0 Å². The van der Waals surface area contributed by atoms with Crippen LogP contribution in [0.2, 0.25) is 0 Å². The number of carboxylic acids is 2. The van der Waals surface area contributed by atoms with Crippen molar-refractivity contribution in [3.8, 4) is 17.2 Å². The van der Waals surface area contributed by atoms with E-state index >= 15 is 0 Å². The smallest absolute Gasteiger partial charge is 0.335 e. The lowest BCUT2D eigenvalue weighted by molar-refractivity contribution is -0.889. The van der Waals surface area contributed by atoms with E-state index < -0.39 is 36.3 Å². The number of hydrogen-bond acceptors (Lipinski definition) is 10. The molecule has 2 heterocycles. The van der Waals surface area contributed by atoms with Crippen molar-refractivity contribution in [2.45, 2.75) is 62.9 Å². The zero-order valence-electron chi connectivity index (χ0n) is 25.0. The number of aliphatic hydroxyl groups is 3. The van der Waals surface area contributed by atoms with Crippen molar-refractivity contribution in [2.24, 2.45) is 0 Å². The van der Waals surface area contributed by atoms with Crippen LogP contribution in [0.5, 0.6) is 17.2 Å². The SMILES string of the molecule is COc1ccc(C(=O)CCCCC(=O)N[C@H](C[NH+]2CCCC2)[C@H](O)c2ccc3c(c2)OCO3)cc1.O=C(O)[C@@H](O)[C@H](O)C(=O)O. The number of aliphatic carboxylic acids is 2. The van der Waals surface area contributed by atoms with Crippen molar-refractivity contribution in [1.29, 1.82) is 0 Å². The summed E-state index contributed by atoms with van der Waals surface area (Å²) >= 11 is 0. The van der Waals surface area contributed by atoms with E-state index in [0.29, 0.717) is 60.6 Å². The number of unbranched alkanes of at least 4 members (excludes halogenated alkanes) is 1. The summed E-state index contributed by atoms with van der Waals surface area (Å²) in [6, 6.07) is 12.1. The number of ether oxygens (including phenoxy) is 3. The van der Waals surface area contributed by atoms with Crippen molar-refractivity contribution in [3.05, 3.63) is 53.6 Å². The normalized spacial score (nSPS) is 16.4. The number of nitrogens with one attached hydrogen (secondary N) is 2. The fourth-order valence-corrected chi connectivity index (χ4v) is 5.00. The van der Waals surface area contributed by atoms with Crippen LogP contribution in [0.1, 0.15) is 60.6 Å². The lowest BCUT2D eigenvalue weighted by atomic mass is 10.0. The quantitative estimate of drug-likeness (QED) is 0.102. The van der Waals surface area contributed by atoms with Gasteiger partial charge in [-0.2, -0.15) is 0 Å². The summed E-state index contributed by atoms with van der Waals surface area (Å²) in [4.78, 5) is 46.1. The van der Waals surface area contributed by atoms with Crippen LogP contribution in [-0.4, -0.2) is 101 Å². The lowest BCUT2D eigenvalue weighted by Gasteiger charge is -2.27. The third kappa shape index (κ3) is 10.7. The molecular weight excluding hydrogens is 592 g/mol. The van der Waals surface area contributed by atoms with Gasteiger partial charge < -0.3 is 50.0 Å². The average Bonchev–Trinajstić information content (AvgIpc) is 3.73. The number of ketones is 1. The maximum Gasteiger partial charge on any atom is 0.335 e. The summed E-state index contributed by atoms with van der Waals surface area (Å²) in [6.07, 6.45) is -1.11. The van der Waals surface area contributed by atoms with E-state index in [1.54, 1.807) is 43.5 Å². The Kier molecular flexibility index (Phi) is 13.5. The number of aliphatic hydroxyl groups excluding tert-OH is 3. The van der Waals surface area contributed by atoms with Crippen LogP contribution in [-0.2, 0) is 14.4 Å². The highest BCUT2D eigenvalue weighted by atomic mass is 16.7. The number of carbonyl (C=O) groups excluding carboxylic acids is 2. The minimum Gasteiger partial charge on any atom is -0.497 e. The predicted octanol–water partition coefficient (Wildman–Crippen LogP) is -0.0585. The molecule has 2 aromatic carbocycles. The Balaban J connectivity index is 0.000000477. The van der Waals surface area contributed by atoms with Gasteiger partial charge in [-0.25, -0.2) is 9.59 Å². The van der Waals surface area contributed by atoms with Gasteiger partial charge in [0, 0.05) is 31.2 Å². The van der Waals surface area contributed by atoms with Crippen LogP contribution >= 0.6 is 0 Å². The summed E-state index contributed by atoms with van der Waals surface area (Å²) in [6.45, 7) is 2.94. The van der Waals surface area contributed by atoms with Crippen LogP contribution < -0.4 is 24.4 Å². The van der Waals surface area contributed by atoms with E-state index in [1.165, 1.54) is 17.7 Å². The van der Waals surface area contributed by atoms with Gasteiger partial charge >= 0.3 is 11.9 Å². The van der Waals surface area contributed by atoms with Crippen LogP contribution in [0.15, 0.2) is 42.5 Å². The van der Waals surface area contributed by atoms with Gasteiger partial charge in [0.15, 0.2) is 29.5 Å². The van der Waals surface area contributed by atoms with Crippen LogP contribution in [0.25, 0.3) is 0 Å². The van der Waals surface area contributed by atoms with Gasteiger partial charge in [0.2, 0.25) is 12.7 Å². The molecule has 1 fully saturated rings. The van der Waals surface area contributed by atoms with Crippen LogP contribution in [0.4, 0.5) is 0 Å². The Morgan fingerprint density at radius 1 is 0.867 bits per heavy atom. The number of quaternary nitrogens is 1. The summed E-state index contributed by atoms with van der Waals surface area (Å²) < 4.78 is 15.9. The van der Waals surface area contributed by atoms with E-state index in [0.717, 1.165) is 13.1 Å². The maximum atomic E-state index is 12.8. The highest BCUT2D eigenvalue weighted by Crippen LogP contribution is 2.34. The number of carboxylic acid groups (broad SMARTS) is 2. The highest BCUT2D eigenvalue weighted by Gasteiger charge is 2.31. The highest BCUT2D eigenvalue weighted by molar-refractivity contribution is 5.96. The first-order valence-electron chi connectivity index (χ1n) is 14.7. The topological polar surface area (TPSA) is 214 Å². The molecule has 7 N–H and O–H groups in total. The molecule has 0 bridgehead atoms. The minimum absolute atomic E-state index is 0.0572. The molecule has 2 aliphatic heterocycles. The molecule has 14 heteroatoms. The molecule has 0 aromatic heterocycles. The number of amides is 1. The molecule has 45 heavy (non-hydrogen) atoms. The molecule has 1 saturated heterocycles. The number of hydrogen-bond donors (Lipinski definition) is 7. The summed E-state index contributed by atoms with van der Waals surface area (Å²) in [5.41, 5.74) is 1.35. The fraction of sp³-hybridized carbons (Fsp3) is 0.484. The number of Topliss-reactive ketones (excluding diaryl/α,β-unsaturated/α-hetero) is 1. The Morgan fingerprint density at radius 2 is 1.47 bits per heavy atom. The molecule has 0 aliphatic carbocycles. The first-order valence-corrected chi connectivity index (χ1v) is 14.7. The number of carbonyl (C=O) groups is 4. The molecule has 2 aliphatic rings. The third-order valence-electron chi connectivity index (χ3n) is 7.56. The largest absolute Gasteiger partial charge is 0.497 e. The molecule has 1 amide bonds. The first kappa shape index (κ1) is 35.2. The molecule has 0 unspecified atom stereocenters. The summed E-state index contributed by atoms with van der Waals surface area (Å²) in [5, 5.41) is 46.7. The van der Waals surface area contributed by atoms with E-state index in [9.17, 15) is 24.3 Å². The zero-order chi connectivity index (χ0) is 32.9. The third-order valence-corrected chi connectivity index (χ3v) is 7.56. The Morgan fingerprint density at radius 3 is 2.07 bits per heavy atom. The summed E-state index contributed by atoms with van der Waals surface area (Å²) in [5.74, 6) is -1.60. The van der Waals surface area contributed by atoms with Crippen LogP contribution in [0.3, 0.4) is 0 Å². The Bertz CT molecular complexity index is 1280. The second-order valence-corrected chi connectivity index (χ2v) is 10.8. The van der Waals surface area contributed by atoms with Gasteiger partial charge in [-0.3, -0.25) is 9.59 Å². The van der Waals surface area contributed by atoms with E-state index in [2.05, 4.69) is 5.32 Å². The molecule has 0 radical (unpaired) electrons. The maximum absolute atomic E-state index is 12.8. The molecule has 246 valence electrons. The number of benzene rings is 2. The Labute approximate surface area is 260 Å². The number of rotatable bonds is 15. The van der Waals surface area contributed by atoms with Gasteiger partial charge in [-0.15, -0.1) is 0 Å². The van der Waals surface area contributed by atoms with Gasteiger partial charge in [-0.05, 0) is 54.8 Å². The molecular formula is C31H41N2O12+. The van der Waals surface area contributed by atoms with Crippen molar-refractivity contribution in [2.75, 3.05) is 33.5 Å². The van der Waals surface area contributed by atoms with Crippen LogP contribution in [0, 0.1) is 0 Å². The predicted molar refractivity (Wildman–Crippen MR) is 157 cm³/mol. The lowest BCUT2D eigenvalue weighted by Crippen LogP contribution is -3.11. The van der Waals surface area contributed by atoms with Gasteiger partial charge in [-0.1, -0.05) is 6.07 Å². The second-order valence-electron chi connectivity index (χ2n) is 10.8. The van der Waals surface area contributed by atoms with E-state index in [-0.39, 0.29) is 18.5 Å². The van der Waals surface area contributed by atoms with Crippen molar-refractivity contribution < 1.29 is 63.8 Å². The van der Waals surface area contributed by atoms with E-state index in [1.807, 2.05) is 6.07 Å². The standard InChI is InChI=1S/C27H34N2O6.C4H6O6/c1-33-21-11-8-19(9-12-21)23(30)6-2-3-7-26(31)28-22(17-29-14-4-5-15-29)27(32)20-10-13-24-25(16-20)35-18-34-24;5-1(3(7)8)2(6)4(9)10/h8-13,16,22,27,32H,2-7,14-15,17-18H2,1H3,(H,28,31);1-2,5-6H,(H,7,8)(H,9,10)/p+1/t22-,27-;1-,2-/m10/s1. The molecule has 2 aromatic rings. The fourth-order valence-electron chi connectivity index (χ4n) is 5.00. The molecule has 0 spiro atoms. The molecule has 4 atom stereocenters. The van der Waals surface area contributed by atoms with Crippen molar-refractivity contribution in [1.82, 2.24) is 5.32 Å². The molecule has 0 saturated carbocycles. The first-order chi connectivity index (χ1) is 21.5. The van der Waals surface area contributed by atoms with Gasteiger partial charge in [0.1, 0.15) is 24.4 Å². The Hall–Kier alpha value is -4.24. The zero-order valence-corrected chi connectivity index (χ0v) is 25.0. The average molecular weight is 634 g/mol. The number of methoxy groups -OCH3 is 1. The monoisotopic (exact) mass is 633 g/mol. The minimum atomic E-state index is -2.27.